The van der Waals surface area contributed by atoms with Gasteiger partial charge in [-0.2, -0.15) is 0 Å². The topological polar surface area (TPSA) is 137 Å². The summed E-state index contributed by atoms with van der Waals surface area (Å²) in [6, 6.07) is -1.12. The van der Waals surface area contributed by atoms with Crippen LogP contribution in [0.5, 0.6) is 0 Å². The van der Waals surface area contributed by atoms with E-state index in [1.807, 2.05) is 0 Å². The number of hydrogen-bond acceptors (Lipinski definition) is 3. The van der Waals surface area contributed by atoms with Crippen molar-refractivity contribution in [2.75, 3.05) is 19.6 Å². The van der Waals surface area contributed by atoms with Crippen LogP contribution in [0.2, 0.25) is 0 Å². The van der Waals surface area contributed by atoms with Gasteiger partial charge in [0.1, 0.15) is 6.04 Å². The van der Waals surface area contributed by atoms with E-state index in [0.29, 0.717) is 32.5 Å². The van der Waals surface area contributed by atoms with Gasteiger partial charge in [0, 0.05) is 19.6 Å². The highest BCUT2D eigenvalue weighted by molar-refractivity contribution is 5.86. The first-order valence-electron chi connectivity index (χ1n) is 18.4. The summed E-state index contributed by atoms with van der Waals surface area (Å²) in [6.45, 7) is 6.14. The Labute approximate surface area is 266 Å². The van der Waals surface area contributed by atoms with Gasteiger partial charge in [-0.25, -0.2) is 4.79 Å². The molecule has 0 aliphatic rings. The van der Waals surface area contributed by atoms with Crippen LogP contribution in [0.25, 0.3) is 0 Å². The third-order valence-electron chi connectivity index (χ3n) is 8.51. The lowest BCUT2D eigenvalue weighted by Gasteiger charge is -2.30. The number of rotatable bonds is 32. The van der Waals surface area contributed by atoms with Crippen molar-refractivity contribution < 1.29 is 9.59 Å². The van der Waals surface area contributed by atoms with Crippen LogP contribution in [0.15, 0.2) is 0 Å². The molecule has 0 spiro atoms. The van der Waals surface area contributed by atoms with Crippen LogP contribution in [-0.2, 0) is 4.79 Å². The first-order valence-corrected chi connectivity index (χ1v) is 18.4. The summed E-state index contributed by atoms with van der Waals surface area (Å²) in [4.78, 5) is 27.1. The zero-order chi connectivity index (χ0) is 31.8. The summed E-state index contributed by atoms with van der Waals surface area (Å²) in [5, 5.41) is 13.2. The third kappa shape index (κ3) is 27.3. The molecule has 0 fully saturated rings. The maximum absolute atomic E-state index is 13.2. The van der Waals surface area contributed by atoms with Gasteiger partial charge in [0.25, 0.3) is 0 Å². The zero-order valence-corrected chi connectivity index (χ0v) is 28.5. The number of carbonyl (C=O) groups excluding carboxylic acids is 2. The van der Waals surface area contributed by atoms with E-state index in [1.165, 1.54) is 122 Å². The highest BCUT2D eigenvalue weighted by Crippen LogP contribution is 2.15. The molecule has 0 aromatic heterocycles. The molecule has 0 radical (unpaired) electrons. The maximum Gasteiger partial charge on any atom is 0.315 e. The summed E-state index contributed by atoms with van der Waals surface area (Å²) >= 11 is 0. The van der Waals surface area contributed by atoms with Gasteiger partial charge in [-0.3, -0.25) is 10.2 Å². The van der Waals surface area contributed by atoms with Gasteiger partial charge in [0.15, 0.2) is 5.96 Å². The predicted octanol–water partition coefficient (Wildman–Crippen LogP) is 8.52. The largest absolute Gasteiger partial charge is 0.370 e. The first-order chi connectivity index (χ1) is 20.9. The normalized spacial score (nSPS) is 11.8. The van der Waals surface area contributed by atoms with Gasteiger partial charge in [-0.1, -0.05) is 155 Å². The van der Waals surface area contributed by atoms with Crippen LogP contribution in [0.4, 0.5) is 4.79 Å². The Morgan fingerprint density at radius 3 is 1.33 bits per heavy atom. The van der Waals surface area contributed by atoms with E-state index >= 15 is 0 Å². The van der Waals surface area contributed by atoms with Crippen LogP contribution >= 0.6 is 0 Å². The molecule has 0 saturated carbocycles. The lowest BCUT2D eigenvalue weighted by molar-refractivity contribution is -0.125. The van der Waals surface area contributed by atoms with Crippen LogP contribution < -0.4 is 22.1 Å². The standard InChI is InChI=1S/C35H72N6O2/c1-3-5-7-9-11-13-15-16-17-18-20-22-24-26-31-41(35(38)43)32(28-27-30-40-34(36)37)33(42)39-29-25-23-21-19-14-12-10-8-6-4-2/h32H,3-31H2,1-2H3,(H2,38,43)(H,39,42)(H4,36,37,40)/t32-/m0/s1. The van der Waals surface area contributed by atoms with Gasteiger partial charge in [0.05, 0.1) is 0 Å². The quantitative estimate of drug-likeness (QED) is 0.0297. The molecular formula is C35H72N6O2. The average Bonchev–Trinajstić information content (AvgIpc) is 2.98. The summed E-state index contributed by atoms with van der Waals surface area (Å²) in [7, 11) is 0. The van der Waals surface area contributed by atoms with Crippen LogP contribution in [-0.4, -0.2) is 48.5 Å². The number of guanidine groups is 1. The van der Waals surface area contributed by atoms with E-state index in [2.05, 4.69) is 24.5 Å². The van der Waals surface area contributed by atoms with Gasteiger partial charge < -0.3 is 27.0 Å². The van der Waals surface area contributed by atoms with E-state index in [-0.39, 0.29) is 11.9 Å². The van der Waals surface area contributed by atoms with Crippen molar-refractivity contribution in [2.45, 2.75) is 187 Å². The van der Waals surface area contributed by atoms with Crippen LogP contribution in [0.1, 0.15) is 181 Å². The first kappa shape index (κ1) is 41.0. The van der Waals surface area contributed by atoms with Crippen LogP contribution in [0, 0.1) is 5.41 Å². The lowest BCUT2D eigenvalue weighted by Crippen LogP contribution is -2.52. The average molecular weight is 609 g/mol. The second kappa shape index (κ2) is 31.4. The van der Waals surface area contributed by atoms with Crippen molar-refractivity contribution in [3.8, 4) is 0 Å². The van der Waals surface area contributed by atoms with Crippen molar-refractivity contribution >= 4 is 17.9 Å². The summed E-state index contributed by atoms with van der Waals surface area (Å²) in [5.41, 5.74) is 11.2. The molecule has 1 atom stereocenters. The van der Waals surface area contributed by atoms with Crippen molar-refractivity contribution in [1.82, 2.24) is 15.5 Å². The Morgan fingerprint density at radius 1 is 0.558 bits per heavy atom. The fraction of sp³-hybridized carbons (Fsp3) is 0.914. The second-order valence-electron chi connectivity index (χ2n) is 12.6. The van der Waals surface area contributed by atoms with Gasteiger partial charge in [-0.05, 0) is 25.7 Å². The number of urea groups is 1. The molecule has 7 N–H and O–H groups in total. The monoisotopic (exact) mass is 609 g/mol. The molecule has 43 heavy (non-hydrogen) atoms. The molecule has 0 aromatic rings. The van der Waals surface area contributed by atoms with Gasteiger partial charge >= 0.3 is 6.03 Å². The molecule has 0 aromatic carbocycles. The molecule has 0 unspecified atom stereocenters. The predicted molar refractivity (Wildman–Crippen MR) is 184 cm³/mol. The number of nitrogens with two attached hydrogens (primary N) is 2. The zero-order valence-electron chi connectivity index (χ0n) is 28.5. The Kier molecular flexibility index (Phi) is 30.0. The number of carbonyl (C=O) groups is 2. The minimum atomic E-state index is -0.587. The molecule has 0 aliphatic carbocycles. The van der Waals surface area contributed by atoms with Gasteiger partial charge in [0.2, 0.25) is 5.91 Å². The fourth-order valence-corrected chi connectivity index (χ4v) is 5.79. The summed E-state index contributed by atoms with van der Waals surface area (Å²) < 4.78 is 0. The second-order valence-corrected chi connectivity index (χ2v) is 12.6. The van der Waals surface area contributed by atoms with E-state index in [4.69, 9.17) is 16.9 Å². The van der Waals surface area contributed by atoms with E-state index in [0.717, 1.165) is 32.1 Å². The Morgan fingerprint density at radius 2 is 0.930 bits per heavy atom. The Balaban J connectivity index is 4.33. The molecule has 0 rings (SSSR count). The SMILES string of the molecule is CCCCCCCCCCCCCCCCN(C(N)=O)[C@@H](CCCNC(=N)N)C(=O)NCCCCCCCCCCCC. The van der Waals surface area contributed by atoms with Crippen molar-refractivity contribution in [3.05, 3.63) is 0 Å². The number of unbranched alkanes of at least 4 members (excludes halogenated alkanes) is 22. The lowest BCUT2D eigenvalue weighted by atomic mass is 10.0. The van der Waals surface area contributed by atoms with Crippen molar-refractivity contribution in [3.63, 3.8) is 0 Å². The smallest absolute Gasteiger partial charge is 0.315 e. The molecule has 8 nitrogen and oxygen atoms in total. The number of nitrogens with zero attached hydrogens (tertiary/aromatic N) is 1. The van der Waals surface area contributed by atoms with Crippen LogP contribution in [0.3, 0.4) is 0 Å². The molecule has 254 valence electrons. The molecule has 8 heteroatoms. The third-order valence-corrected chi connectivity index (χ3v) is 8.51. The highest BCUT2D eigenvalue weighted by atomic mass is 16.2. The number of nitrogens with one attached hydrogen (secondary N) is 3. The minimum Gasteiger partial charge on any atom is -0.370 e. The van der Waals surface area contributed by atoms with Crippen molar-refractivity contribution in [2.24, 2.45) is 11.5 Å². The van der Waals surface area contributed by atoms with Gasteiger partial charge in [-0.15, -0.1) is 0 Å². The van der Waals surface area contributed by atoms with Crippen molar-refractivity contribution in [1.29, 1.82) is 5.41 Å². The molecule has 0 bridgehead atoms. The molecule has 0 heterocycles. The molecule has 3 amide bonds. The molecular weight excluding hydrogens is 536 g/mol. The maximum atomic E-state index is 13.2. The summed E-state index contributed by atoms with van der Waals surface area (Å²) in [6.07, 6.45) is 31.5. The number of primary amides is 1. The Bertz CT molecular complexity index is 660. The minimum absolute atomic E-state index is 0.0869. The molecule has 0 aliphatic heterocycles. The van der Waals surface area contributed by atoms with E-state index in [1.54, 1.807) is 4.90 Å². The van der Waals surface area contributed by atoms with E-state index in [9.17, 15) is 9.59 Å². The Hall–Kier alpha value is -1.99. The highest BCUT2D eigenvalue weighted by Gasteiger charge is 2.27. The number of amides is 3. The summed E-state index contributed by atoms with van der Waals surface area (Å²) in [5.74, 6) is -0.209. The molecule has 0 saturated heterocycles. The van der Waals surface area contributed by atoms with E-state index < -0.39 is 12.1 Å². The number of hydrogen-bond donors (Lipinski definition) is 5. The fourth-order valence-electron chi connectivity index (χ4n) is 5.79.